The van der Waals surface area contributed by atoms with E-state index < -0.39 is 0 Å². The van der Waals surface area contributed by atoms with E-state index in [9.17, 15) is 0 Å². The van der Waals surface area contributed by atoms with E-state index in [1.807, 2.05) is 12.1 Å². The fourth-order valence-corrected chi connectivity index (χ4v) is 3.49. The summed E-state index contributed by atoms with van der Waals surface area (Å²) in [6.45, 7) is 4.80. The molecule has 2 aromatic carbocycles. The summed E-state index contributed by atoms with van der Waals surface area (Å²) in [4.78, 5) is 2.49. The SMILES string of the molecule is NCC1CCCN(CCOC(c2ccccc2)c2ccccc2)C1. The first-order chi connectivity index (χ1) is 11.9. The molecule has 3 heteroatoms. The topological polar surface area (TPSA) is 38.5 Å². The Morgan fingerprint density at radius 2 is 1.62 bits per heavy atom. The molecule has 3 rings (SSSR count). The Morgan fingerprint density at radius 1 is 1.00 bits per heavy atom. The Bertz CT molecular complexity index is 548. The van der Waals surface area contributed by atoms with Gasteiger partial charge in [-0.05, 0) is 43.0 Å². The van der Waals surface area contributed by atoms with E-state index in [-0.39, 0.29) is 6.10 Å². The Labute approximate surface area is 145 Å². The van der Waals surface area contributed by atoms with Crippen molar-refractivity contribution in [3.63, 3.8) is 0 Å². The van der Waals surface area contributed by atoms with Crippen LogP contribution in [-0.2, 0) is 4.74 Å². The normalized spacial score (nSPS) is 18.8. The van der Waals surface area contributed by atoms with Crippen molar-refractivity contribution in [2.24, 2.45) is 11.7 Å². The number of piperidine rings is 1. The van der Waals surface area contributed by atoms with Gasteiger partial charge in [0.05, 0.1) is 6.61 Å². The molecule has 2 aromatic rings. The van der Waals surface area contributed by atoms with Crippen molar-refractivity contribution in [3.05, 3.63) is 71.8 Å². The van der Waals surface area contributed by atoms with Crippen molar-refractivity contribution in [1.82, 2.24) is 4.90 Å². The van der Waals surface area contributed by atoms with Gasteiger partial charge in [0.15, 0.2) is 0 Å². The van der Waals surface area contributed by atoms with E-state index in [1.165, 1.54) is 30.5 Å². The molecule has 24 heavy (non-hydrogen) atoms. The molecule has 0 bridgehead atoms. The average Bonchev–Trinajstić information content (AvgIpc) is 2.67. The van der Waals surface area contributed by atoms with Crippen molar-refractivity contribution < 1.29 is 4.74 Å². The molecule has 1 saturated heterocycles. The second-order valence-electron chi connectivity index (χ2n) is 6.62. The number of ether oxygens (including phenoxy) is 1. The highest BCUT2D eigenvalue weighted by Gasteiger charge is 2.19. The standard InChI is InChI=1S/C21H28N2O/c22-16-18-8-7-13-23(17-18)14-15-24-21(19-9-3-1-4-10-19)20-11-5-2-6-12-20/h1-6,9-12,18,21H,7-8,13-17,22H2. The summed E-state index contributed by atoms with van der Waals surface area (Å²) < 4.78 is 6.31. The lowest BCUT2D eigenvalue weighted by atomic mass is 9.98. The van der Waals surface area contributed by atoms with Crippen molar-refractivity contribution in [2.45, 2.75) is 18.9 Å². The maximum Gasteiger partial charge on any atom is 0.108 e. The van der Waals surface area contributed by atoms with Gasteiger partial charge in [-0.2, -0.15) is 0 Å². The van der Waals surface area contributed by atoms with Crippen LogP contribution in [0.1, 0.15) is 30.1 Å². The molecule has 128 valence electrons. The molecule has 0 amide bonds. The Balaban J connectivity index is 1.61. The zero-order valence-corrected chi connectivity index (χ0v) is 14.3. The number of benzene rings is 2. The second kappa shape index (κ2) is 8.97. The van der Waals surface area contributed by atoms with Gasteiger partial charge in [-0.1, -0.05) is 60.7 Å². The fraction of sp³-hybridized carbons (Fsp3) is 0.429. The summed E-state index contributed by atoms with van der Waals surface area (Å²) in [6, 6.07) is 21.0. The van der Waals surface area contributed by atoms with E-state index in [4.69, 9.17) is 10.5 Å². The molecular formula is C21H28N2O. The summed E-state index contributed by atoms with van der Waals surface area (Å²) in [5.41, 5.74) is 8.26. The average molecular weight is 324 g/mol. The van der Waals surface area contributed by atoms with Crippen LogP contribution in [0.2, 0.25) is 0 Å². The van der Waals surface area contributed by atoms with Crippen LogP contribution in [0.4, 0.5) is 0 Å². The van der Waals surface area contributed by atoms with Crippen molar-refractivity contribution >= 4 is 0 Å². The monoisotopic (exact) mass is 324 g/mol. The smallest absolute Gasteiger partial charge is 0.108 e. The van der Waals surface area contributed by atoms with Crippen LogP contribution in [0.3, 0.4) is 0 Å². The minimum Gasteiger partial charge on any atom is -0.367 e. The predicted molar refractivity (Wildman–Crippen MR) is 98.9 cm³/mol. The highest BCUT2D eigenvalue weighted by Crippen LogP contribution is 2.25. The molecule has 0 aliphatic carbocycles. The fourth-order valence-electron chi connectivity index (χ4n) is 3.49. The number of hydrogen-bond acceptors (Lipinski definition) is 3. The van der Waals surface area contributed by atoms with Gasteiger partial charge in [0.25, 0.3) is 0 Å². The molecule has 1 aliphatic heterocycles. The molecule has 1 fully saturated rings. The number of nitrogens with zero attached hydrogens (tertiary/aromatic N) is 1. The maximum absolute atomic E-state index is 6.31. The molecule has 0 aromatic heterocycles. The van der Waals surface area contributed by atoms with Crippen LogP contribution < -0.4 is 5.73 Å². The summed E-state index contributed by atoms with van der Waals surface area (Å²) in [5, 5.41) is 0. The molecule has 1 heterocycles. The molecule has 1 aliphatic rings. The first-order valence-electron chi connectivity index (χ1n) is 9.00. The first-order valence-corrected chi connectivity index (χ1v) is 9.00. The van der Waals surface area contributed by atoms with Crippen LogP contribution in [0, 0.1) is 5.92 Å². The van der Waals surface area contributed by atoms with Crippen molar-refractivity contribution in [1.29, 1.82) is 0 Å². The van der Waals surface area contributed by atoms with E-state index >= 15 is 0 Å². The molecule has 0 spiro atoms. The molecule has 0 saturated carbocycles. The number of likely N-dealkylation sites (tertiary alicyclic amines) is 1. The van der Waals surface area contributed by atoms with Crippen molar-refractivity contribution in [2.75, 3.05) is 32.8 Å². The van der Waals surface area contributed by atoms with Gasteiger partial charge in [-0.15, -0.1) is 0 Å². The number of rotatable bonds is 7. The zero-order chi connectivity index (χ0) is 16.6. The number of hydrogen-bond donors (Lipinski definition) is 1. The van der Waals surface area contributed by atoms with E-state index in [0.29, 0.717) is 5.92 Å². The van der Waals surface area contributed by atoms with E-state index in [2.05, 4.69) is 53.4 Å². The Hall–Kier alpha value is -1.68. The van der Waals surface area contributed by atoms with Gasteiger partial charge in [0.2, 0.25) is 0 Å². The van der Waals surface area contributed by atoms with E-state index in [0.717, 1.165) is 26.2 Å². The lowest BCUT2D eigenvalue weighted by Crippen LogP contribution is -2.40. The first kappa shape index (κ1) is 17.2. The third kappa shape index (κ3) is 4.67. The van der Waals surface area contributed by atoms with Crippen LogP contribution in [-0.4, -0.2) is 37.7 Å². The third-order valence-electron chi connectivity index (χ3n) is 4.83. The molecule has 1 unspecified atom stereocenters. The molecule has 0 radical (unpaired) electrons. The van der Waals surface area contributed by atoms with Crippen LogP contribution in [0.25, 0.3) is 0 Å². The van der Waals surface area contributed by atoms with Gasteiger partial charge < -0.3 is 15.4 Å². The predicted octanol–water partition coefficient (Wildman–Crippen LogP) is 3.46. The molecular weight excluding hydrogens is 296 g/mol. The van der Waals surface area contributed by atoms with Gasteiger partial charge in [-0.3, -0.25) is 0 Å². The Kier molecular flexibility index (Phi) is 6.41. The van der Waals surface area contributed by atoms with Crippen molar-refractivity contribution in [3.8, 4) is 0 Å². The summed E-state index contributed by atoms with van der Waals surface area (Å²) in [7, 11) is 0. The van der Waals surface area contributed by atoms with Crippen LogP contribution in [0.5, 0.6) is 0 Å². The number of nitrogens with two attached hydrogens (primary N) is 1. The second-order valence-corrected chi connectivity index (χ2v) is 6.62. The quantitative estimate of drug-likeness (QED) is 0.847. The van der Waals surface area contributed by atoms with Gasteiger partial charge in [0.1, 0.15) is 6.10 Å². The van der Waals surface area contributed by atoms with Gasteiger partial charge in [0, 0.05) is 13.1 Å². The minimum atomic E-state index is 0.00231. The van der Waals surface area contributed by atoms with Gasteiger partial charge >= 0.3 is 0 Å². The zero-order valence-electron chi connectivity index (χ0n) is 14.3. The van der Waals surface area contributed by atoms with Crippen LogP contribution >= 0.6 is 0 Å². The Morgan fingerprint density at radius 3 is 2.21 bits per heavy atom. The minimum absolute atomic E-state index is 0.00231. The van der Waals surface area contributed by atoms with Crippen LogP contribution in [0.15, 0.2) is 60.7 Å². The lowest BCUT2D eigenvalue weighted by molar-refractivity contribution is 0.0499. The summed E-state index contributed by atoms with van der Waals surface area (Å²) in [6.07, 6.45) is 2.52. The highest BCUT2D eigenvalue weighted by atomic mass is 16.5. The largest absolute Gasteiger partial charge is 0.367 e. The van der Waals surface area contributed by atoms with E-state index in [1.54, 1.807) is 0 Å². The lowest BCUT2D eigenvalue weighted by Gasteiger charge is -2.32. The summed E-state index contributed by atoms with van der Waals surface area (Å²) in [5.74, 6) is 0.651. The van der Waals surface area contributed by atoms with Gasteiger partial charge in [-0.25, -0.2) is 0 Å². The maximum atomic E-state index is 6.31. The molecule has 1 atom stereocenters. The highest BCUT2D eigenvalue weighted by molar-refractivity contribution is 5.29. The molecule has 3 nitrogen and oxygen atoms in total. The molecule has 2 N–H and O–H groups in total. The summed E-state index contributed by atoms with van der Waals surface area (Å²) >= 11 is 0. The third-order valence-corrected chi connectivity index (χ3v) is 4.83.